The minimum absolute atomic E-state index is 0.0123. The molecule has 6 heteroatoms. The van der Waals surface area contributed by atoms with Crippen LogP contribution in [0.2, 0.25) is 0 Å². The summed E-state index contributed by atoms with van der Waals surface area (Å²) in [6.07, 6.45) is 4.16. The molecule has 6 nitrogen and oxygen atoms in total. The van der Waals surface area contributed by atoms with E-state index in [2.05, 4.69) is 0 Å². The van der Waals surface area contributed by atoms with Crippen molar-refractivity contribution in [1.82, 2.24) is 0 Å². The minimum Gasteiger partial charge on any atom is -0.508 e. The lowest BCUT2D eigenvalue weighted by atomic mass is 9.90. The molecule has 188 valence electrons. The highest BCUT2D eigenvalue weighted by Gasteiger charge is 2.21. The van der Waals surface area contributed by atoms with Gasteiger partial charge in [0.05, 0.1) is 0 Å². The third kappa shape index (κ3) is 5.42. The van der Waals surface area contributed by atoms with E-state index in [1.165, 1.54) is 0 Å². The molecule has 0 aromatic heterocycles. The molecule has 35 heavy (non-hydrogen) atoms. The van der Waals surface area contributed by atoms with Gasteiger partial charge in [0.15, 0.2) is 0 Å². The van der Waals surface area contributed by atoms with Crippen LogP contribution in [0.1, 0.15) is 79.0 Å². The van der Waals surface area contributed by atoms with E-state index >= 15 is 0 Å². The summed E-state index contributed by atoms with van der Waals surface area (Å²) in [6.45, 7) is 5.88. The van der Waals surface area contributed by atoms with Crippen molar-refractivity contribution in [3.63, 3.8) is 0 Å². The van der Waals surface area contributed by atoms with E-state index in [0.717, 1.165) is 12.8 Å². The summed E-state index contributed by atoms with van der Waals surface area (Å²) in [5.74, 6) is 0.0807. The standard InChI is InChI=1S/C29H36O6/c1-4-7-21-24(30)12-10-17(26(21)32)14-19-16-20(29(35)23(9-6-3)28(19)34)15-18-11-13-25(31)22(8-5-2)27(18)33/h10-13,16,30-35H,4-9,14-15H2,1-3H3. The van der Waals surface area contributed by atoms with E-state index in [9.17, 15) is 30.6 Å². The van der Waals surface area contributed by atoms with Crippen molar-refractivity contribution >= 4 is 0 Å². The summed E-state index contributed by atoms with van der Waals surface area (Å²) in [6, 6.07) is 8.07. The molecule has 0 atom stereocenters. The first-order valence-electron chi connectivity index (χ1n) is 12.3. The SMILES string of the molecule is CCCc1c(O)ccc(Cc2cc(Cc3ccc(O)c(CCC)c3O)c(O)c(CCC)c2O)c1O. The molecule has 0 aliphatic heterocycles. The largest absolute Gasteiger partial charge is 0.508 e. The van der Waals surface area contributed by atoms with Crippen LogP contribution in [-0.4, -0.2) is 30.6 Å². The molecule has 0 saturated heterocycles. The number of phenols is 6. The second kappa shape index (κ2) is 11.3. The number of phenolic OH excluding ortho intramolecular Hbond substituents is 6. The van der Waals surface area contributed by atoms with E-state index in [4.69, 9.17) is 0 Å². The zero-order valence-electron chi connectivity index (χ0n) is 20.7. The number of rotatable bonds is 10. The van der Waals surface area contributed by atoms with E-state index in [1.54, 1.807) is 30.3 Å². The topological polar surface area (TPSA) is 121 Å². The summed E-state index contributed by atoms with van der Waals surface area (Å²) in [5.41, 5.74) is 3.61. The Morgan fingerprint density at radius 2 is 0.800 bits per heavy atom. The maximum Gasteiger partial charge on any atom is 0.126 e. The molecule has 0 bridgehead atoms. The van der Waals surface area contributed by atoms with Crippen LogP contribution in [0.4, 0.5) is 0 Å². The Hall–Kier alpha value is -3.54. The van der Waals surface area contributed by atoms with Gasteiger partial charge < -0.3 is 30.6 Å². The minimum atomic E-state index is -0.0146. The van der Waals surface area contributed by atoms with E-state index in [1.807, 2.05) is 20.8 Å². The van der Waals surface area contributed by atoms with Crippen molar-refractivity contribution in [3.8, 4) is 34.5 Å². The number of hydrogen-bond acceptors (Lipinski definition) is 6. The Kier molecular flexibility index (Phi) is 8.39. The molecular formula is C29H36O6. The third-order valence-corrected chi connectivity index (χ3v) is 6.47. The van der Waals surface area contributed by atoms with Gasteiger partial charge in [0.25, 0.3) is 0 Å². The molecule has 0 spiro atoms. The lowest BCUT2D eigenvalue weighted by Crippen LogP contribution is -2.01. The normalized spacial score (nSPS) is 11.2. The highest BCUT2D eigenvalue weighted by molar-refractivity contribution is 5.59. The van der Waals surface area contributed by atoms with Crippen LogP contribution in [-0.2, 0) is 32.1 Å². The predicted octanol–water partition coefficient (Wildman–Crippen LogP) is 5.96. The van der Waals surface area contributed by atoms with E-state index in [-0.39, 0.29) is 47.3 Å². The summed E-state index contributed by atoms with van der Waals surface area (Å²) in [7, 11) is 0. The molecular weight excluding hydrogens is 444 g/mol. The Morgan fingerprint density at radius 1 is 0.457 bits per heavy atom. The summed E-state index contributed by atoms with van der Waals surface area (Å²) < 4.78 is 0. The second-order valence-electron chi connectivity index (χ2n) is 9.12. The highest BCUT2D eigenvalue weighted by atomic mass is 16.3. The maximum atomic E-state index is 11.0. The first-order chi connectivity index (χ1) is 16.7. The molecule has 0 heterocycles. The van der Waals surface area contributed by atoms with Crippen LogP contribution in [0.3, 0.4) is 0 Å². The number of hydrogen-bond donors (Lipinski definition) is 6. The van der Waals surface area contributed by atoms with Gasteiger partial charge in [-0.2, -0.15) is 0 Å². The Morgan fingerprint density at radius 3 is 1.17 bits per heavy atom. The monoisotopic (exact) mass is 480 g/mol. The first kappa shape index (κ1) is 26.1. The average Bonchev–Trinajstić information content (AvgIpc) is 2.83. The van der Waals surface area contributed by atoms with Crippen LogP contribution >= 0.6 is 0 Å². The maximum absolute atomic E-state index is 11.0. The third-order valence-electron chi connectivity index (χ3n) is 6.47. The lowest BCUT2D eigenvalue weighted by molar-refractivity contribution is 0.426. The second-order valence-corrected chi connectivity index (χ2v) is 9.12. The number of aromatic hydroxyl groups is 6. The molecule has 3 rings (SSSR count). The van der Waals surface area contributed by atoms with Crippen molar-refractivity contribution in [2.45, 2.75) is 72.1 Å². The average molecular weight is 481 g/mol. The Bertz CT molecular complexity index is 1110. The molecule has 0 amide bonds. The fraction of sp³-hybridized carbons (Fsp3) is 0.379. The van der Waals surface area contributed by atoms with Crippen LogP contribution in [0.25, 0.3) is 0 Å². The quantitative estimate of drug-likeness (QED) is 0.213. The van der Waals surface area contributed by atoms with Gasteiger partial charge in [0.2, 0.25) is 0 Å². The molecule has 3 aromatic rings. The van der Waals surface area contributed by atoms with Crippen LogP contribution in [0.15, 0.2) is 30.3 Å². The lowest BCUT2D eigenvalue weighted by Gasteiger charge is -2.18. The molecule has 0 aliphatic carbocycles. The van der Waals surface area contributed by atoms with Crippen molar-refractivity contribution < 1.29 is 30.6 Å². The highest BCUT2D eigenvalue weighted by Crippen LogP contribution is 2.41. The van der Waals surface area contributed by atoms with Gasteiger partial charge >= 0.3 is 0 Å². The van der Waals surface area contributed by atoms with Gasteiger partial charge in [0.1, 0.15) is 34.5 Å². The summed E-state index contributed by atoms with van der Waals surface area (Å²) in [4.78, 5) is 0. The van der Waals surface area contributed by atoms with E-state index in [0.29, 0.717) is 64.6 Å². The zero-order valence-corrected chi connectivity index (χ0v) is 20.7. The molecule has 0 fully saturated rings. The molecule has 3 aromatic carbocycles. The first-order valence-corrected chi connectivity index (χ1v) is 12.3. The summed E-state index contributed by atoms with van der Waals surface area (Å²) in [5, 5.41) is 63.9. The Labute approximate surface area is 206 Å². The fourth-order valence-electron chi connectivity index (χ4n) is 4.64. The number of benzene rings is 3. The fourth-order valence-corrected chi connectivity index (χ4v) is 4.64. The van der Waals surface area contributed by atoms with Crippen LogP contribution < -0.4 is 0 Å². The van der Waals surface area contributed by atoms with Crippen molar-refractivity contribution in [1.29, 1.82) is 0 Å². The van der Waals surface area contributed by atoms with Crippen LogP contribution in [0, 0.1) is 0 Å². The predicted molar refractivity (Wildman–Crippen MR) is 137 cm³/mol. The Balaban J connectivity index is 2.09. The smallest absolute Gasteiger partial charge is 0.126 e. The van der Waals surface area contributed by atoms with Crippen LogP contribution in [0.5, 0.6) is 34.5 Å². The molecule has 0 aliphatic rings. The molecule has 6 N–H and O–H groups in total. The van der Waals surface area contributed by atoms with Gasteiger partial charge in [-0.1, -0.05) is 52.2 Å². The van der Waals surface area contributed by atoms with Crippen molar-refractivity contribution in [2.24, 2.45) is 0 Å². The van der Waals surface area contributed by atoms with Crippen molar-refractivity contribution in [3.05, 3.63) is 69.3 Å². The van der Waals surface area contributed by atoms with Gasteiger partial charge in [-0.3, -0.25) is 0 Å². The molecule has 0 unspecified atom stereocenters. The van der Waals surface area contributed by atoms with Gasteiger partial charge in [-0.05, 0) is 59.7 Å². The molecule has 0 saturated carbocycles. The summed E-state index contributed by atoms with van der Waals surface area (Å²) >= 11 is 0. The van der Waals surface area contributed by atoms with Gasteiger partial charge in [0, 0.05) is 29.5 Å². The molecule has 0 radical (unpaired) electrons. The zero-order chi connectivity index (χ0) is 25.7. The van der Waals surface area contributed by atoms with Crippen molar-refractivity contribution in [2.75, 3.05) is 0 Å². The van der Waals surface area contributed by atoms with Gasteiger partial charge in [-0.15, -0.1) is 0 Å². The van der Waals surface area contributed by atoms with E-state index < -0.39 is 0 Å². The van der Waals surface area contributed by atoms with Gasteiger partial charge in [-0.25, -0.2) is 0 Å².